The van der Waals surface area contributed by atoms with Crippen molar-refractivity contribution in [2.75, 3.05) is 6.54 Å². The number of sulfonamides is 1. The van der Waals surface area contributed by atoms with Crippen molar-refractivity contribution in [3.63, 3.8) is 0 Å². The summed E-state index contributed by atoms with van der Waals surface area (Å²) in [6.07, 6.45) is 0.449. The first-order chi connectivity index (χ1) is 9.53. The SMILES string of the molecule is CC(C)CC(C)(O)CNS(=O)(=O)c1cccc(C(=O)O)c1. The van der Waals surface area contributed by atoms with Gasteiger partial charge >= 0.3 is 5.97 Å². The minimum Gasteiger partial charge on any atom is -0.478 e. The number of nitrogens with one attached hydrogen (secondary N) is 1. The third-order valence-corrected chi connectivity index (χ3v) is 4.28. The van der Waals surface area contributed by atoms with Crippen LogP contribution in [0.3, 0.4) is 0 Å². The molecule has 0 aliphatic carbocycles. The van der Waals surface area contributed by atoms with Gasteiger partial charge in [0.1, 0.15) is 0 Å². The van der Waals surface area contributed by atoms with Crippen LogP contribution in [0.1, 0.15) is 37.6 Å². The van der Waals surface area contributed by atoms with Crippen LogP contribution in [0.15, 0.2) is 29.2 Å². The van der Waals surface area contributed by atoms with Gasteiger partial charge in [0.05, 0.1) is 16.1 Å². The third kappa shape index (κ3) is 5.45. The minimum absolute atomic E-state index is 0.105. The van der Waals surface area contributed by atoms with E-state index in [0.717, 1.165) is 6.07 Å². The maximum absolute atomic E-state index is 12.1. The van der Waals surface area contributed by atoms with E-state index in [2.05, 4.69) is 4.72 Å². The second kappa shape index (κ2) is 6.55. The van der Waals surface area contributed by atoms with E-state index < -0.39 is 21.6 Å². The van der Waals surface area contributed by atoms with Gasteiger partial charge in [0.25, 0.3) is 0 Å². The van der Waals surface area contributed by atoms with Crippen LogP contribution in [0.4, 0.5) is 0 Å². The van der Waals surface area contributed by atoms with Gasteiger partial charge in [0.15, 0.2) is 0 Å². The van der Waals surface area contributed by atoms with Gasteiger partial charge in [-0.1, -0.05) is 19.9 Å². The summed E-state index contributed by atoms with van der Waals surface area (Å²) in [7, 11) is -3.86. The molecule has 1 aromatic carbocycles. The van der Waals surface area contributed by atoms with Gasteiger partial charge in [-0.15, -0.1) is 0 Å². The van der Waals surface area contributed by atoms with Crippen molar-refractivity contribution in [2.24, 2.45) is 5.92 Å². The maximum Gasteiger partial charge on any atom is 0.335 e. The van der Waals surface area contributed by atoms with Crippen LogP contribution >= 0.6 is 0 Å². The molecule has 0 spiro atoms. The molecule has 3 N–H and O–H groups in total. The average molecular weight is 315 g/mol. The lowest BCUT2D eigenvalue weighted by Gasteiger charge is -2.25. The number of carboxylic acid groups (broad SMARTS) is 1. The highest BCUT2D eigenvalue weighted by molar-refractivity contribution is 7.89. The van der Waals surface area contributed by atoms with E-state index in [9.17, 15) is 18.3 Å². The van der Waals surface area contributed by atoms with Gasteiger partial charge in [0.2, 0.25) is 10.0 Å². The summed E-state index contributed by atoms with van der Waals surface area (Å²) in [6.45, 7) is 5.28. The Morgan fingerprint density at radius 3 is 2.52 bits per heavy atom. The van der Waals surface area contributed by atoms with E-state index in [1.54, 1.807) is 6.92 Å². The Kier molecular flexibility index (Phi) is 5.49. The van der Waals surface area contributed by atoms with Gasteiger partial charge in [-0.05, 0) is 37.5 Å². The Hall–Kier alpha value is -1.44. The smallest absolute Gasteiger partial charge is 0.335 e. The predicted molar refractivity (Wildman–Crippen MR) is 78.7 cm³/mol. The number of aliphatic hydroxyl groups is 1. The summed E-state index contributed by atoms with van der Waals surface area (Å²) in [6, 6.07) is 5.08. The molecule has 0 bridgehead atoms. The standard InChI is InChI=1S/C14H21NO5S/c1-10(2)8-14(3,18)9-15-21(19,20)12-6-4-5-11(7-12)13(16)17/h4-7,10,15,18H,8-9H2,1-3H3,(H,16,17). The lowest BCUT2D eigenvalue weighted by Crippen LogP contribution is -2.41. The Morgan fingerprint density at radius 2 is 2.00 bits per heavy atom. The van der Waals surface area contributed by atoms with Gasteiger partial charge in [-0.3, -0.25) is 0 Å². The first kappa shape index (κ1) is 17.6. The number of benzene rings is 1. The van der Waals surface area contributed by atoms with Crippen molar-refractivity contribution in [1.29, 1.82) is 0 Å². The molecule has 0 aliphatic rings. The second-order valence-corrected chi connectivity index (χ2v) is 7.52. The molecule has 1 rings (SSSR count). The molecule has 1 unspecified atom stereocenters. The zero-order valence-corrected chi connectivity index (χ0v) is 13.1. The van der Waals surface area contributed by atoms with Crippen LogP contribution in [0.25, 0.3) is 0 Å². The number of carboxylic acids is 1. The molecule has 1 atom stereocenters. The zero-order valence-electron chi connectivity index (χ0n) is 12.3. The number of aromatic carboxylic acids is 1. The first-order valence-electron chi connectivity index (χ1n) is 6.59. The molecular formula is C14H21NO5S. The first-order valence-corrected chi connectivity index (χ1v) is 8.07. The molecule has 0 fully saturated rings. The molecular weight excluding hydrogens is 294 g/mol. The third-order valence-electron chi connectivity index (χ3n) is 2.88. The van der Waals surface area contributed by atoms with Gasteiger partial charge in [-0.2, -0.15) is 0 Å². The van der Waals surface area contributed by atoms with Crippen LogP contribution in [-0.4, -0.2) is 36.7 Å². The molecule has 0 amide bonds. The van der Waals surface area contributed by atoms with Crippen molar-refractivity contribution < 1.29 is 23.4 Å². The van der Waals surface area contributed by atoms with E-state index in [1.165, 1.54) is 18.2 Å². The molecule has 0 aromatic heterocycles. The highest BCUT2D eigenvalue weighted by Crippen LogP contribution is 2.17. The lowest BCUT2D eigenvalue weighted by molar-refractivity contribution is 0.0436. The predicted octanol–water partition coefficient (Wildman–Crippen LogP) is 1.46. The van der Waals surface area contributed by atoms with E-state index in [-0.39, 0.29) is 22.9 Å². The normalized spacial score (nSPS) is 14.9. The van der Waals surface area contributed by atoms with Crippen LogP contribution in [-0.2, 0) is 10.0 Å². The van der Waals surface area contributed by atoms with Crippen LogP contribution < -0.4 is 4.72 Å². The van der Waals surface area contributed by atoms with E-state index in [4.69, 9.17) is 5.11 Å². The highest BCUT2D eigenvalue weighted by atomic mass is 32.2. The quantitative estimate of drug-likeness (QED) is 0.706. The molecule has 7 heteroatoms. The van der Waals surface area contributed by atoms with Gasteiger partial charge < -0.3 is 10.2 Å². The Labute approximate surface area is 124 Å². The molecule has 0 saturated heterocycles. The lowest BCUT2D eigenvalue weighted by atomic mass is 9.95. The minimum atomic E-state index is -3.86. The van der Waals surface area contributed by atoms with E-state index in [1.807, 2.05) is 13.8 Å². The summed E-state index contributed by atoms with van der Waals surface area (Å²) in [5.41, 5.74) is -1.27. The molecule has 0 heterocycles. The van der Waals surface area contributed by atoms with Gasteiger partial charge in [-0.25, -0.2) is 17.9 Å². The van der Waals surface area contributed by atoms with E-state index in [0.29, 0.717) is 6.42 Å². The Morgan fingerprint density at radius 1 is 1.38 bits per heavy atom. The largest absolute Gasteiger partial charge is 0.478 e. The topological polar surface area (TPSA) is 104 Å². The van der Waals surface area contributed by atoms with Crippen LogP contribution in [0, 0.1) is 5.92 Å². The number of rotatable bonds is 7. The Bertz CT molecular complexity index is 608. The molecule has 0 saturated carbocycles. The molecule has 0 radical (unpaired) electrons. The molecule has 0 aliphatic heterocycles. The fraction of sp³-hybridized carbons (Fsp3) is 0.500. The molecule has 1 aromatic rings. The fourth-order valence-electron chi connectivity index (χ4n) is 2.08. The van der Waals surface area contributed by atoms with Crippen molar-refractivity contribution >= 4 is 16.0 Å². The van der Waals surface area contributed by atoms with Crippen molar-refractivity contribution in [3.05, 3.63) is 29.8 Å². The number of hydrogen-bond acceptors (Lipinski definition) is 4. The summed E-state index contributed by atoms with van der Waals surface area (Å²) in [5, 5.41) is 19.0. The highest BCUT2D eigenvalue weighted by Gasteiger charge is 2.25. The Balaban J connectivity index is 2.87. The monoisotopic (exact) mass is 315 g/mol. The summed E-state index contributed by atoms with van der Waals surface area (Å²) in [5.74, 6) is -0.973. The van der Waals surface area contributed by atoms with Crippen molar-refractivity contribution in [3.8, 4) is 0 Å². The maximum atomic E-state index is 12.1. The fourth-order valence-corrected chi connectivity index (χ4v) is 3.29. The van der Waals surface area contributed by atoms with Crippen LogP contribution in [0.5, 0.6) is 0 Å². The molecule has 21 heavy (non-hydrogen) atoms. The average Bonchev–Trinajstić information content (AvgIpc) is 2.35. The molecule has 118 valence electrons. The summed E-state index contributed by atoms with van der Waals surface area (Å²) in [4.78, 5) is 10.7. The number of carbonyl (C=O) groups is 1. The summed E-state index contributed by atoms with van der Waals surface area (Å²) < 4.78 is 26.6. The van der Waals surface area contributed by atoms with Crippen molar-refractivity contribution in [2.45, 2.75) is 37.7 Å². The number of hydrogen-bond donors (Lipinski definition) is 3. The second-order valence-electron chi connectivity index (χ2n) is 5.75. The van der Waals surface area contributed by atoms with Gasteiger partial charge in [0, 0.05) is 6.54 Å². The van der Waals surface area contributed by atoms with Crippen LogP contribution in [0.2, 0.25) is 0 Å². The van der Waals surface area contributed by atoms with E-state index >= 15 is 0 Å². The summed E-state index contributed by atoms with van der Waals surface area (Å²) >= 11 is 0. The zero-order chi connectivity index (χ0) is 16.3. The van der Waals surface area contributed by atoms with Crippen molar-refractivity contribution in [1.82, 2.24) is 4.72 Å². The molecule has 6 nitrogen and oxygen atoms in total.